The minimum atomic E-state index is -0.134. The summed E-state index contributed by atoms with van der Waals surface area (Å²) in [6.45, 7) is 2.83. The summed E-state index contributed by atoms with van der Waals surface area (Å²) < 4.78 is 11.4. The van der Waals surface area contributed by atoms with E-state index in [1.54, 1.807) is 7.11 Å². The smallest absolute Gasteiger partial charge is 0.254 e. The zero-order chi connectivity index (χ0) is 22.1. The molecular weight excluding hydrogens is 400 g/mol. The molecule has 0 unspecified atom stereocenters. The van der Waals surface area contributed by atoms with Crippen LogP contribution < -0.4 is 4.74 Å². The summed E-state index contributed by atoms with van der Waals surface area (Å²) in [6.07, 6.45) is 2.76. The number of oxazole rings is 1. The molecular formula is C27H26N2O3. The summed E-state index contributed by atoms with van der Waals surface area (Å²) in [4.78, 5) is 19.9. The third-order valence-corrected chi connectivity index (χ3v) is 6.24. The standard InChI is InChI=1S/C27H26N2O3/c1-3-18-6-8-20(9-7-18)27(30)29-16-4-5-24(29)26-28-23-17-21(12-15-25(23)32-26)19-10-13-22(31-2)14-11-19/h6-15,17,24H,3-5,16H2,1-2H3/t24-/m1/s1. The number of aromatic nitrogens is 1. The monoisotopic (exact) mass is 426 g/mol. The molecule has 1 amide bonds. The average molecular weight is 427 g/mol. The molecule has 1 fully saturated rings. The number of aryl methyl sites for hydroxylation is 1. The molecule has 1 aliphatic rings. The number of fused-ring (bicyclic) bond motifs is 1. The van der Waals surface area contributed by atoms with E-state index >= 15 is 0 Å². The maximum atomic E-state index is 13.2. The van der Waals surface area contributed by atoms with Crippen molar-refractivity contribution in [3.05, 3.63) is 83.7 Å². The molecule has 1 aliphatic heterocycles. The zero-order valence-electron chi connectivity index (χ0n) is 18.4. The fourth-order valence-corrected chi connectivity index (χ4v) is 4.37. The summed E-state index contributed by atoms with van der Waals surface area (Å²) in [7, 11) is 1.66. The number of hydrogen-bond donors (Lipinski definition) is 0. The van der Waals surface area contributed by atoms with E-state index in [-0.39, 0.29) is 11.9 Å². The van der Waals surface area contributed by atoms with Crippen molar-refractivity contribution < 1.29 is 13.9 Å². The normalized spacial score (nSPS) is 15.9. The van der Waals surface area contributed by atoms with Crippen LogP contribution >= 0.6 is 0 Å². The molecule has 32 heavy (non-hydrogen) atoms. The largest absolute Gasteiger partial charge is 0.497 e. The summed E-state index contributed by atoms with van der Waals surface area (Å²) in [6, 6.07) is 21.7. The van der Waals surface area contributed by atoms with Crippen LogP contribution in [-0.2, 0) is 6.42 Å². The molecule has 0 radical (unpaired) electrons. The third-order valence-electron chi connectivity index (χ3n) is 6.24. The van der Waals surface area contributed by atoms with Gasteiger partial charge in [-0.15, -0.1) is 0 Å². The Morgan fingerprint density at radius 3 is 2.53 bits per heavy atom. The summed E-state index contributed by atoms with van der Waals surface area (Å²) in [5.41, 5.74) is 5.64. The van der Waals surface area contributed by atoms with Crippen LogP contribution in [0.5, 0.6) is 5.75 Å². The van der Waals surface area contributed by atoms with E-state index in [0.717, 1.165) is 53.8 Å². The van der Waals surface area contributed by atoms with Crippen LogP contribution in [0.1, 0.15) is 47.6 Å². The number of methoxy groups -OCH3 is 1. The van der Waals surface area contributed by atoms with Gasteiger partial charge in [-0.3, -0.25) is 4.79 Å². The van der Waals surface area contributed by atoms with Gasteiger partial charge in [0.15, 0.2) is 5.58 Å². The first-order valence-corrected chi connectivity index (χ1v) is 11.1. The van der Waals surface area contributed by atoms with Crippen molar-refractivity contribution in [2.75, 3.05) is 13.7 Å². The fourth-order valence-electron chi connectivity index (χ4n) is 4.37. The second kappa shape index (κ2) is 8.50. The van der Waals surface area contributed by atoms with Crippen LogP contribution in [0.15, 0.2) is 71.1 Å². The molecule has 2 heterocycles. The summed E-state index contributed by atoms with van der Waals surface area (Å²) in [5, 5.41) is 0. The van der Waals surface area contributed by atoms with E-state index in [1.807, 2.05) is 71.6 Å². The quantitative estimate of drug-likeness (QED) is 0.390. The van der Waals surface area contributed by atoms with Crippen LogP contribution in [0.2, 0.25) is 0 Å². The lowest BCUT2D eigenvalue weighted by atomic mass is 10.1. The molecule has 5 heteroatoms. The molecule has 0 saturated carbocycles. The van der Waals surface area contributed by atoms with Crippen LogP contribution in [0.25, 0.3) is 22.2 Å². The van der Waals surface area contributed by atoms with E-state index < -0.39 is 0 Å². The number of rotatable bonds is 5. The third kappa shape index (κ3) is 3.75. The predicted octanol–water partition coefficient (Wildman–Crippen LogP) is 6.04. The summed E-state index contributed by atoms with van der Waals surface area (Å²) in [5.74, 6) is 1.48. The van der Waals surface area contributed by atoms with E-state index in [1.165, 1.54) is 5.56 Å². The number of likely N-dealkylation sites (tertiary alicyclic amines) is 1. The van der Waals surface area contributed by atoms with Crippen molar-refractivity contribution in [1.29, 1.82) is 0 Å². The van der Waals surface area contributed by atoms with Crippen LogP contribution in [0.4, 0.5) is 0 Å². The van der Waals surface area contributed by atoms with Gasteiger partial charge in [0.1, 0.15) is 17.3 Å². The molecule has 3 aromatic carbocycles. The number of carbonyl (C=O) groups is 1. The Labute approximate surface area is 187 Å². The zero-order valence-corrected chi connectivity index (χ0v) is 18.4. The molecule has 0 bridgehead atoms. The number of ether oxygens (including phenoxy) is 1. The maximum Gasteiger partial charge on any atom is 0.254 e. The van der Waals surface area contributed by atoms with E-state index in [9.17, 15) is 4.79 Å². The molecule has 0 N–H and O–H groups in total. The van der Waals surface area contributed by atoms with Gasteiger partial charge >= 0.3 is 0 Å². The van der Waals surface area contributed by atoms with Gasteiger partial charge < -0.3 is 14.1 Å². The average Bonchev–Trinajstić information content (AvgIpc) is 3.50. The number of amides is 1. The van der Waals surface area contributed by atoms with Crippen LogP contribution in [-0.4, -0.2) is 29.4 Å². The molecule has 4 aromatic rings. The Hall–Kier alpha value is -3.60. The van der Waals surface area contributed by atoms with Gasteiger partial charge in [-0.2, -0.15) is 0 Å². The highest BCUT2D eigenvalue weighted by Crippen LogP contribution is 2.35. The Balaban J connectivity index is 1.42. The van der Waals surface area contributed by atoms with E-state index in [2.05, 4.69) is 6.92 Å². The summed E-state index contributed by atoms with van der Waals surface area (Å²) >= 11 is 0. The molecule has 5 nitrogen and oxygen atoms in total. The minimum Gasteiger partial charge on any atom is -0.497 e. The van der Waals surface area contributed by atoms with Crippen molar-refractivity contribution in [3.63, 3.8) is 0 Å². The highest BCUT2D eigenvalue weighted by Gasteiger charge is 2.34. The van der Waals surface area contributed by atoms with Gasteiger partial charge in [-0.25, -0.2) is 4.98 Å². The molecule has 0 aliphatic carbocycles. The molecule has 5 rings (SSSR count). The predicted molar refractivity (Wildman–Crippen MR) is 125 cm³/mol. The number of carbonyl (C=O) groups excluding carboxylic acids is 1. The van der Waals surface area contributed by atoms with Gasteiger partial charge in [-0.1, -0.05) is 37.3 Å². The van der Waals surface area contributed by atoms with Gasteiger partial charge in [0.05, 0.1) is 7.11 Å². The fraction of sp³-hybridized carbons (Fsp3) is 0.259. The Morgan fingerprint density at radius 1 is 1.06 bits per heavy atom. The molecule has 0 spiro atoms. The lowest BCUT2D eigenvalue weighted by Crippen LogP contribution is -2.30. The molecule has 162 valence electrons. The second-order valence-electron chi connectivity index (χ2n) is 8.17. The van der Waals surface area contributed by atoms with E-state index in [4.69, 9.17) is 14.1 Å². The van der Waals surface area contributed by atoms with Crippen molar-refractivity contribution in [2.45, 2.75) is 32.2 Å². The van der Waals surface area contributed by atoms with Crippen LogP contribution in [0, 0.1) is 0 Å². The molecule has 1 aromatic heterocycles. The van der Waals surface area contributed by atoms with E-state index in [0.29, 0.717) is 11.5 Å². The first-order valence-electron chi connectivity index (χ1n) is 11.1. The Kier molecular flexibility index (Phi) is 5.39. The number of nitrogens with zero attached hydrogens (tertiary/aromatic N) is 2. The first-order chi connectivity index (χ1) is 15.7. The second-order valence-corrected chi connectivity index (χ2v) is 8.17. The lowest BCUT2D eigenvalue weighted by Gasteiger charge is -2.22. The highest BCUT2D eigenvalue weighted by molar-refractivity contribution is 5.94. The first kappa shape index (κ1) is 20.3. The SMILES string of the molecule is CCc1ccc(C(=O)N2CCC[C@@H]2c2nc3cc(-c4ccc(OC)cc4)ccc3o2)cc1. The lowest BCUT2D eigenvalue weighted by molar-refractivity contribution is 0.0717. The molecule has 1 saturated heterocycles. The molecule has 1 atom stereocenters. The van der Waals surface area contributed by atoms with Crippen LogP contribution in [0.3, 0.4) is 0 Å². The highest BCUT2D eigenvalue weighted by atomic mass is 16.5. The van der Waals surface area contributed by atoms with Crippen molar-refractivity contribution in [1.82, 2.24) is 9.88 Å². The minimum absolute atomic E-state index is 0.0383. The maximum absolute atomic E-state index is 13.2. The Bertz CT molecular complexity index is 1240. The van der Waals surface area contributed by atoms with Gasteiger partial charge in [-0.05, 0) is 72.4 Å². The number of hydrogen-bond acceptors (Lipinski definition) is 4. The van der Waals surface area contributed by atoms with Crippen molar-refractivity contribution >= 4 is 17.0 Å². The van der Waals surface area contributed by atoms with Crippen molar-refractivity contribution in [2.24, 2.45) is 0 Å². The Morgan fingerprint density at radius 2 is 1.81 bits per heavy atom. The van der Waals surface area contributed by atoms with Gasteiger partial charge in [0, 0.05) is 12.1 Å². The van der Waals surface area contributed by atoms with Gasteiger partial charge in [0.2, 0.25) is 5.89 Å². The van der Waals surface area contributed by atoms with Crippen molar-refractivity contribution in [3.8, 4) is 16.9 Å². The topological polar surface area (TPSA) is 55.6 Å². The number of benzene rings is 3. The van der Waals surface area contributed by atoms with Gasteiger partial charge in [0.25, 0.3) is 5.91 Å².